The standard InChI is InChI=1S/C11H10ClFN2S/c1-7-2-3-9(13)10(4-7)14-5-8-6-15-11(12)16-8/h2-4,6,14H,5H2,1H3. The van der Waals surface area contributed by atoms with Crippen molar-refractivity contribution in [2.24, 2.45) is 0 Å². The first-order valence-corrected chi connectivity index (χ1v) is 5.95. The number of benzene rings is 1. The van der Waals surface area contributed by atoms with Crippen molar-refractivity contribution in [2.45, 2.75) is 13.5 Å². The van der Waals surface area contributed by atoms with E-state index in [9.17, 15) is 4.39 Å². The van der Waals surface area contributed by atoms with Crippen LogP contribution in [0.2, 0.25) is 4.47 Å². The summed E-state index contributed by atoms with van der Waals surface area (Å²) >= 11 is 7.09. The lowest BCUT2D eigenvalue weighted by atomic mass is 10.2. The number of anilines is 1. The average Bonchev–Trinajstić information content (AvgIpc) is 2.66. The average molecular weight is 257 g/mol. The van der Waals surface area contributed by atoms with Gasteiger partial charge < -0.3 is 5.32 Å². The number of nitrogens with zero attached hydrogens (tertiary/aromatic N) is 1. The largest absolute Gasteiger partial charge is 0.378 e. The minimum atomic E-state index is -0.249. The van der Waals surface area contributed by atoms with Crippen molar-refractivity contribution in [3.05, 3.63) is 45.1 Å². The van der Waals surface area contributed by atoms with Gasteiger partial charge in [-0.15, -0.1) is 11.3 Å². The Kier molecular flexibility index (Phi) is 3.41. The summed E-state index contributed by atoms with van der Waals surface area (Å²) in [6.07, 6.45) is 1.69. The third kappa shape index (κ3) is 2.71. The fourth-order valence-electron chi connectivity index (χ4n) is 1.32. The number of hydrogen-bond donors (Lipinski definition) is 1. The van der Waals surface area contributed by atoms with Crippen LogP contribution in [-0.2, 0) is 6.54 Å². The summed E-state index contributed by atoms with van der Waals surface area (Å²) < 4.78 is 13.9. The maximum atomic E-state index is 13.4. The van der Waals surface area contributed by atoms with Crippen LogP contribution in [0.5, 0.6) is 0 Å². The normalized spacial score (nSPS) is 10.4. The molecule has 0 spiro atoms. The van der Waals surface area contributed by atoms with Crippen LogP contribution in [0.4, 0.5) is 10.1 Å². The van der Waals surface area contributed by atoms with E-state index >= 15 is 0 Å². The molecular formula is C11H10ClFN2S. The highest BCUT2D eigenvalue weighted by atomic mass is 35.5. The first-order valence-electron chi connectivity index (χ1n) is 4.75. The van der Waals surface area contributed by atoms with Gasteiger partial charge in [-0.3, -0.25) is 0 Å². The van der Waals surface area contributed by atoms with Gasteiger partial charge in [0.25, 0.3) is 0 Å². The van der Waals surface area contributed by atoms with Crippen molar-refractivity contribution in [1.29, 1.82) is 0 Å². The lowest BCUT2D eigenvalue weighted by Gasteiger charge is -2.06. The van der Waals surface area contributed by atoms with E-state index in [4.69, 9.17) is 11.6 Å². The second kappa shape index (κ2) is 4.80. The second-order valence-electron chi connectivity index (χ2n) is 3.42. The van der Waals surface area contributed by atoms with E-state index in [1.165, 1.54) is 17.4 Å². The molecule has 0 amide bonds. The van der Waals surface area contributed by atoms with Gasteiger partial charge in [0.05, 0.1) is 12.2 Å². The molecule has 1 heterocycles. The van der Waals surface area contributed by atoms with E-state index < -0.39 is 0 Å². The van der Waals surface area contributed by atoms with Crippen LogP contribution in [0.1, 0.15) is 10.4 Å². The summed E-state index contributed by atoms with van der Waals surface area (Å²) in [5.74, 6) is -0.249. The molecule has 1 aromatic heterocycles. The number of aromatic nitrogens is 1. The van der Waals surface area contributed by atoms with Gasteiger partial charge in [0.1, 0.15) is 5.82 Å². The molecule has 1 aromatic carbocycles. The summed E-state index contributed by atoms with van der Waals surface area (Å²) in [6.45, 7) is 2.46. The highest BCUT2D eigenvalue weighted by Crippen LogP contribution is 2.20. The smallest absolute Gasteiger partial charge is 0.183 e. The third-order valence-electron chi connectivity index (χ3n) is 2.10. The number of thiazole rings is 1. The molecule has 0 radical (unpaired) electrons. The molecule has 0 unspecified atom stereocenters. The molecule has 2 nitrogen and oxygen atoms in total. The van der Waals surface area contributed by atoms with E-state index in [0.29, 0.717) is 16.7 Å². The van der Waals surface area contributed by atoms with Crippen LogP contribution in [0.25, 0.3) is 0 Å². The summed E-state index contributed by atoms with van der Waals surface area (Å²) in [5.41, 5.74) is 1.52. The zero-order valence-corrected chi connectivity index (χ0v) is 10.2. The van der Waals surface area contributed by atoms with E-state index in [0.717, 1.165) is 10.4 Å². The van der Waals surface area contributed by atoms with Gasteiger partial charge in [0, 0.05) is 11.1 Å². The third-order valence-corrected chi connectivity index (χ3v) is 3.22. The number of rotatable bonds is 3. The number of hydrogen-bond acceptors (Lipinski definition) is 3. The van der Waals surface area contributed by atoms with Crippen molar-refractivity contribution in [2.75, 3.05) is 5.32 Å². The highest BCUT2D eigenvalue weighted by Gasteiger charge is 2.03. The lowest BCUT2D eigenvalue weighted by molar-refractivity contribution is 0.630. The van der Waals surface area contributed by atoms with Crippen LogP contribution in [-0.4, -0.2) is 4.98 Å². The predicted octanol–water partition coefficient (Wildman–Crippen LogP) is 3.86. The molecule has 2 aromatic rings. The Balaban J connectivity index is 2.07. The molecule has 1 N–H and O–H groups in total. The Morgan fingerprint density at radius 3 is 3.00 bits per heavy atom. The van der Waals surface area contributed by atoms with Gasteiger partial charge in [0.15, 0.2) is 4.47 Å². The van der Waals surface area contributed by atoms with Crippen molar-refractivity contribution >= 4 is 28.6 Å². The van der Waals surface area contributed by atoms with Gasteiger partial charge in [-0.2, -0.15) is 0 Å². The van der Waals surface area contributed by atoms with Gasteiger partial charge in [-0.25, -0.2) is 9.37 Å². The topological polar surface area (TPSA) is 24.9 Å². The molecule has 0 atom stereocenters. The van der Waals surface area contributed by atoms with Gasteiger partial charge in [-0.05, 0) is 24.6 Å². The van der Waals surface area contributed by atoms with Crippen molar-refractivity contribution in [1.82, 2.24) is 4.98 Å². The molecule has 0 saturated carbocycles. The lowest BCUT2D eigenvalue weighted by Crippen LogP contribution is -2.00. The maximum absolute atomic E-state index is 13.4. The maximum Gasteiger partial charge on any atom is 0.183 e. The Morgan fingerprint density at radius 2 is 2.31 bits per heavy atom. The summed E-state index contributed by atoms with van der Waals surface area (Å²) in [4.78, 5) is 4.90. The fraction of sp³-hybridized carbons (Fsp3) is 0.182. The first-order chi connectivity index (χ1) is 7.65. The SMILES string of the molecule is Cc1ccc(F)c(NCc2cnc(Cl)s2)c1. The quantitative estimate of drug-likeness (QED) is 0.902. The molecule has 2 rings (SSSR count). The molecule has 0 aliphatic rings. The van der Waals surface area contributed by atoms with Gasteiger partial charge in [0.2, 0.25) is 0 Å². The fourth-order valence-corrected chi connectivity index (χ4v) is 2.24. The van der Waals surface area contributed by atoms with Gasteiger partial charge >= 0.3 is 0 Å². The monoisotopic (exact) mass is 256 g/mol. The van der Waals surface area contributed by atoms with Crippen LogP contribution < -0.4 is 5.32 Å². The number of aryl methyl sites for hydroxylation is 1. The second-order valence-corrected chi connectivity index (χ2v) is 5.11. The zero-order chi connectivity index (χ0) is 11.5. The minimum absolute atomic E-state index is 0.249. The van der Waals surface area contributed by atoms with Crippen LogP contribution in [0, 0.1) is 12.7 Å². The predicted molar refractivity (Wildman–Crippen MR) is 65.6 cm³/mol. The minimum Gasteiger partial charge on any atom is -0.378 e. The molecule has 0 bridgehead atoms. The zero-order valence-electron chi connectivity index (χ0n) is 8.63. The van der Waals surface area contributed by atoms with E-state index in [2.05, 4.69) is 10.3 Å². The Bertz CT molecular complexity index is 498. The van der Waals surface area contributed by atoms with E-state index in [1.807, 2.05) is 6.92 Å². The highest BCUT2D eigenvalue weighted by molar-refractivity contribution is 7.15. The molecule has 16 heavy (non-hydrogen) atoms. The summed E-state index contributed by atoms with van der Waals surface area (Å²) in [7, 11) is 0. The van der Waals surface area contributed by atoms with Gasteiger partial charge in [-0.1, -0.05) is 17.7 Å². The number of nitrogens with one attached hydrogen (secondary N) is 1. The molecule has 5 heteroatoms. The molecule has 0 fully saturated rings. The van der Waals surface area contributed by atoms with Crippen LogP contribution in [0.15, 0.2) is 24.4 Å². The van der Waals surface area contributed by atoms with E-state index in [-0.39, 0.29) is 5.82 Å². The van der Waals surface area contributed by atoms with Crippen LogP contribution in [0.3, 0.4) is 0 Å². The first kappa shape index (κ1) is 11.4. The van der Waals surface area contributed by atoms with Crippen LogP contribution >= 0.6 is 22.9 Å². The molecule has 0 aliphatic carbocycles. The van der Waals surface area contributed by atoms with E-state index in [1.54, 1.807) is 18.3 Å². The number of halogens is 2. The van der Waals surface area contributed by atoms with Crippen molar-refractivity contribution in [3.63, 3.8) is 0 Å². The Labute approximate surface area is 102 Å². The molecule has 0 saturated heterocycles. The Hall–Kier alpha value is -1.13. The van der Waals surface area contributed by atoms with Crippen molar-refractivity contribution in [3.8, 4) is 0 Å². The summed E-state index contributed by atoms with van der Waals surface area (Å²) in [6, 6.07) is 4.97. The van der Waals surface area contributed by atoms with Crippen molar-refractivity contribution < 1.29 is 4.39 Å². The molecule has 84 valence electrons. The Morgan fingerprint density at radius 1 is 1.50 bits per heavy atom. The molecule has 0 aliphatic heterocycles. The molecular weight excluding hydrogens is 247 g/mol. The summed E-state index contributed by atoms with van der Waals surface area (Å²) in [5, 5.41) is 3.02.